The number of Topliss-reactive ketones (excluding diaryl/α,β-unsaturated/α-hetero) is 1. The van der Waals surface area contributed by atoms with Gasteiger partial charge in [-0.15, -0.1) is 22.7 Å². The number of hydrogen-bond acceptors (Lipinski definition) is 7. The van der Waals surface area contributed by atoms with Crippen LogP contribution in [0, 0.1) is 0 Å². The van der Waals surface area contributed by atoms with Crippen LogP contribution in [0.4, 0.5) is 5.13 Å². The molecule has 0 aromatic carbocycles. The van der Waals surface area contributed by atoms with Crippen molar-refractivity contribution in [2.75, 3.05) is 4.72 Å². The van der Waals surface area contributed by atoms with E-state index in [0.717, 1.165) is 11.3 Å². The summed E-state index contributed by atoms with van der Waals surface area (Å²) in [4.78, 5) is 25.6. The third-order valence-corrected chi connectivity index (χ3v) is 5.93. The molecule has 0 saturated heterocycles. The number of carbonyl (C=O) groups excluding carboxylic acids is 1. The maximum Gasteiger partial charge on any atom is 0.345 e. The van der Waals surface area contributed by atoms with Gasteiger partial charge in [-0.05, 0) is 12.1 Å². The summed E-state index contributed by atoms with van der Waals surface area (Å²) < 4.78 is 26.1. The van der Waals surface area contributed by atoms with E-state index in [1.54, 1.807) is 0 Å². The van der Waals surface area contributed by atoms with E-state index in [-0.39, 0.29) is 25.7 Å². The maximum atomic E-state index is 12.0. The van der Waals surface area contributed by atoms with Crippen molar-refractivity contribution in [2.45, 2.75) is 11.1 Å². The van der Waals surface area contributed by atoms with Crippen molar-refractivity contribution >= 4 is 49.6 Å². The molecule has 0 saturated carbocycles. The Morgan fingerprint density at radius 3 is 2.55 bits per heavy atom. The van der Waals surface area contributed by atoms with Crippen LogP contribution in [0.25, 0.3) is 0 Å². The van der Waals surface area contributed by atoms with Gasteiger partial charge in [0.05, 0.1) is 0 Å². The molecule has 0 atom stereocenters. The van der Waals surface area contributed by atoms with E-state index in [9.17, 15) is 18.0 Å². The first-order valence-electron chi connectivity index (χ1n) is 5.12. The van der Waals surface area contributed by atoms with Gasteiger partial charge in [-0.3, -0.25) is 9.52 Å². The third kappa shape index (κ3) is 3.03. The van der Waals surface area contributed by atoms with Gasteiger partial charge in [-0.2, -0.15) is 0 Å². The molecule has 0 fully saturated rings. The molecule has 106 valence electrons. The molecule has 2 aromatic rings. The van der Waals surface area contributed by atoms with Crippen LogP contribution in [0.5, 0.6) is 0 Å². The molecule has 0 aliphatic rings. The lowest BCUT2D eigenvalue weighted by atomic mass is 10.4. The number of ketones is 1. The zero-order valence-electron chi connectivity index (χ0n) is 9.98. The van der Waals surface area contributed by atoms with Crippen LogP contribution in [-0.2, 0) is 10.0 Å². The number of thiazole rings is 1. The summed E-state index contributed by atoms with van der Waals surface area (Å²) in [5, 5.41) is 10.3. The zero-order chi connectivity index (χ0) is 14.9. The number of anilines is 1. The number of nitrogens with zero attached hydrogens (tertiary/aromatic N) is 1. The standard InChI is InChI=1S/C10H8N2O5S3/c1-5(13)6-4-18-10(11-6)12-20(16,17)8-3-2-7(19-8)9(14)15/h2-4H,1H3,(H,11,12)(H,14,15). The molecule has 20 heavy (non-hydrogen) atoms. The summed E-state index contributed by atoms with van der Waals surface area (Å²) in [6.07, 6.45) is 0. The summed E-state index contributed by atoms with van der Waals surface area (Å²) in [7, 11) is -3.90. The Balaban J connectivity index is 2.25. The van der Waals surface area contributed by atoms with E-state index in [1.165, 1.54) is 24.4 Å². The molecule has 2 aromatic heterocycles. The van der Waals surface area contributed by atoms with Gasteiger partial charge in [-0.1, -0.05) is 0 Å². The van der Waals surface area contributed by atoms with Crippen LogP contribution in [0.2, 0.25) is 0 Å². The Kier molecular flexibility index (Phi) is 3.88. The van der Waals surface area contributed by atoms with Crippen LogP contribution in [-0.4, -0.2) is 30.3 Å². The SMILES string of the molecule is CC(=O)c1csc(NS(=O)(=O)c2ccc(C(=O)O)s2)n1. The second-order valence-electron chi connectivity index (χ2n) is 3.62. The van der Waals surface area contributed by atoms with E-state index in [4.69, 9.17) is 5.11 Å². The largest absolute Gasteiger partial charge is 0.477 e. The van der Waals surface area contributed by atoms with Crippen LogP contribution >= 0.6 is 22.7 Å². The quantitative estimate of drug-likeness (QED) is 0.809. The van der Waals surface area contributed by atoms with Gasteiger partial charge in [0.25, 0.3) is 10.0 Å². The summed E-state index contributed by atoms with van der Waals surface area (Å²) in [6.45, 7) is 1.33. The number of nitrogens with one attached hydrogen (secondary N) is 1. The molecular weight excluding hydrogens is 324 g/mol. The second-order valence-corrected chi connectivity index (χ2v) is 7.47. The third-order valence-electron chi connectivity index (χ3n) is 2.14. The highest BCUT2D eigenvalue weighted by atomic mass is 32.2. The minimum absolute atomic E-state index is 0.0560. The first-order valence-corrected chi connectivity index (χ1v) is 8.30. The van der Waals surface area contributed by atoms with Crippen molar-refractivity contribution < 1.29 is 23.1 Å². The fourth-order valence-electron chi connectivity index (χ4n) is 1.23. The van der Waals surface area contributed by atoms with Crippen molar-refractivity contribution in [3.05, 3.63) is 28.1 Å². The number of carbonyl (C=O) groups is 2. The normalized spacial score (nSPS) is 11.2. The van der Waals surface area contributed by atoms with E-state index in [2.05, 4.69) is 9.71 Å². The van der Waals surface area contributed by atoms with E-state index in [1.807, 2.05) is 0 Å². The highest BCUT2D eigenvalue weighted by Crippen LogP contribution is 2.25. The van der Waals surface area contributed by atoms with E-state index in [0.29, 0.717) is 11.3 Å². The zero-order valence-corrected chi connectivity index (χ0v) is 12.4. The predicted octanol–water partition coefficient (Wildman–Crippen LogP) is 1.91. The lowest BCUT2D eigenvalue weighted by Crippen LogP contribution is -2.11. The lowest BCUT2D eigenvalue weighted by Gasteiger charge is -2.01. The van der Waals surface area contributed by atoms with Gasteiger partial charge < -0.3 is 5.11 Å². The topological polar surface area (TPSA) is 113 Å². The summed E-state index contributed by atoms with van der Waals surface area (Å²) in [5.74, 6) is -1.46. The molecule has 0 unspecified atom stereocenters. The Morgan fingerprint density at radius 1 is 1.35 bits per heavy atom. The molecular formula is C10H8N2O5S3. The first kappa shape index (κ1) is 14.6. The molecule has 0 aliphatic carbocycles. The molecule has 2 heterocycles. The summed E-state index contributed by atoms with van der Waals surface area (Å²) in [5.41, 5.74) is 0.171. The molecule has 10 heteroatoms. The highest BCUT2D eigenvalue weighted by Gasteiger charge is 2.20. The van der Waals surface area contributed by atoms with Crippen molar-refractivity contribution in [2.24, 2.45) is 0 Å². The van der Waals surface area contributed by atoms with Crippen LogP contribution < -0.4 is 4.72 Å². The summed E-state index contributed by atoms with van der Waals surface area (Å²) >= 11 is 1.62. The minimum atomic E-state index is -3.90. The van der Waals surface area contributed by atoms with Crippen molar-refractivity contribution in [1.82, 2.24) is 4.98 Å². The molecule has 7 nitrogen and oxygen atoms in total. The first-order chi connectivity index (χ1) is 9.29. The number of carboxylic acid groups (broad SMARTS) is 1. The molecule has 0 bridgehead atoms. The monoisotopic (exact) mass is 332 g/mol. The van der Waals surface area contributed by atoms with Crippen molar-refractivity contribution in [3.8, 4) is 0 Å². The number of hydrogen-bond donors (Lipinski definition) is 2. The summed E-state index contributed by atoms with van der Waals surface area (Å²) in [6, 6.07) is 2.42. The average molecular weight is 332 g/mol. The van der Waals surface area contributed by atoms with Crippen molar-refractivity contribution in [3.63, 3.8) is 0 Å². The fraction of sp³-hybridized carbons (Fsp3) is 0.100. The maximum absolute atomic E-state index is 12.0. The molecule has 2 N–H and O–H groups in total. The smallest absolute Gasteiger partial charge is 0.345 e. The predicted molar refractivity (Wildman–Crippen MR) is 74.2 cm³/mol. The Hall–Kier alpha value is -1.78. The number of rotatable bonds is 5. The van der Waals surface area contributed by atoms with Gasteiger partial charge in [-0.25, -0.2) is 18.2 Å². The van der Waals surface area contributed by atoms with Gasteiger partial charge in [0.1, 0.15) is 14.8 Å². The number of thiophene rings is 1. The van der Waals surface area contributed by atoms with E-state index >= 15 is 0 Å². The number of aromatic carboxylic acids is 1. The second kappa shape index (κ2) is 5.31. The Morgan fingerprint density at radius 2 is 2.05 bits per heavy atom. The van der Waals surface area contributed by atoms with Crippen LogP contribution in [0.15, 0.2) is 21.7 Å². The Labute approximate surface area is 122 Å². The molecule has 0 radical (unpaired) electrons. The molecule has 0 aliphatic heterocycles. The molecule has 2 rings (SSSR count). The van der Waals surface area contributed by atoms with Gasteiger partial charge >= 0.3 is 5.97 Å². The molecule has 0 spiro atoms. The van der Waals surface area contributed by atoms with Crippen LogP contribution in [0.3, 0.4) is 0 Å². The number of aromatic nitrogens is 1. The number of carboxylic acids is 1. The average Bonchev–Trinajstić information content (AvgIpc) is 2.95. The fourth-order valence-corrected chi connectivity index (χ4v) is 4.37. The minimum Gasteiger partial charge on any atom is -0.477 e. The lowest BCUT2D eigenvalue weighted by molar-refractivity contribution is 0.0702. The number of sulfonamides is 1. The van der Waals surface area contributed by atoms with Crippen LogP contribution in [0.1, 0.15) is 27.1 Å². The van der Waals surface area contributed by atoms with E-state index < -0.39 is 16.0 Å². The van der Waals surface area contributed by atoms with Gasteiger partial charge in [0.2, 0.25) is 0 Å². The highest BCUT2D eigenvalue weighted by molar-refractivity contribution is 7.94. The van der Waals surface area contributed by atoms with Gasteiger partial charge in [0.15, 0.2) is 10.9 Å². The molecule has 0 amide bonds. The Bertz CT molecular complexity index is 774. The van der Waals surface area contributed by atoms with Gasteiger partial charge in [0, 0.05) is 12.3 Å². The van der Waals surface area contributed by atoms with Crippen molar-refractivity contribution in [1.29, 1.82) is 0 Å².